The number of aromatic nitrogens is 1. The second-order valence-electron chi connectivity index (χ2n) is 16.9. The highest BCUT2D eigenvalue weighted by atomic mass is 32.2. The molecular formula is C46H62N3O17S3+. The van der Waals surface area contributed by atoms with Crippen LogP contribution >= 0.6 is 0 Å². The zero-order valence-electron chi connectivity index (χ0n) is 39.2. The smallest absolute Gasteiger partial charge is 0.333 e. The fraction of sp³-hybridized carbons (Fsp3) is 0.478. The Labute approximate surface area is 403 Å². The number of benzene rings is 2. The third-order valence-electron chi connectivity index (χ3n) is 12.1. The van der Waals surface area contributed by atoms with E-state index in [0.717, 1.165) is 12.1 Å². The Morgan fingerprint density at radius 2 is 1.33 bits per heavy atom. The van der Waals surface area contributed by atoms with E-state index in [4.69, 9.17) is 23.8 Å². The highest BCUT2D eigenvalue weighted by Crippen LogP contribution is 2.51. The number of carbonyl (C=O) groups is 1. The molecule has 0 saturated heterocycles. The number of hydrogen-bond acceptors (Lipinski definition) is 15. The van der Waals surface area contributed by atoms with E-state index in [1.165, 1.54) is 24.3 Å². The largest absolute Gasteiger partial charge is 0.492 e. The first kappa shape index (κ1) is 55.0. The third kappa shape index (κ3) is 13.9. The molecule has 2 aromatic carbocycles. The molecule has 2 aliphatic rings. The molecule has 2 atom stereocenters. The van der Waals surface area contributed by atoms with Crippen molar-refractivity contribution in [2.75, 3.05) is 77.1 Å². The molecule has 3 aromatic rings. The minimum Gasteiger partial charge on any atom is -0.492 e. The second kappa shape index (κ2) is 23.3. The first-order valence-corrected chi connectivity index (χ1v) is 26.7. The van der Waals surface area contributed by atoms with Crippen LogP contribution in [-0.2, 0) is 64.9 Å². The average molecular weight is 1030 g/mol. The standard InChI is InChI=1S/C46H61N3O17S3/c1-6-47-38-14-12-34(68(56,57)58)31-36(38)45(3,20-8-30-67(53,54)55)40(47)16-10-33(2)11-17-41-46(4,21-23-63-26-27-65-29-28-64-25-24-62-5)37-32-35(69(59,60)61)13-15-39(37)48(41)22-7-9-44(52)66-49-42(50)18-19-43(49)51/h10-19,31-32H,6-9,20-30H2,1-5H3,(H4-,50,51,53,54,55,56,57,58,59,60,61)/p+1. The second-order valence-corrected chi connectivity index (χ2v) is 21.3. The molecule has 2 unspecified atom stereocenters. The number of allylic oxidation sites excluding steroid dienone is 6. The maximum atomic E-state index is 12.9. The molecule has 380 valence electrons. The van der Waals surface area contributed by atoms with Crippen LogP contribution in [-0.4, -0.2) is 142 Å². The van der Waals surface area contributed by atoms with Crippen molar-refractivity contribution in [1.82, 2.24) is 4.73 Å². The summed E-state index contributed by atoms with van der Waals surface area (Å²) in [6, 6.07) is 10.9. The maximum Gasteiger partial charge on any atom is 0.333 e. The monoisotopic (exact) mass is 1020 g/mol. The predicted molar refractivity (Wildman–Crippen MR) is 254 cm³/mol. The van der Waals surface area contributed by atoms with Gasteiger partial charge in [0.15, 0.2) is 5.71 Å². The normalized spacial score (nSPS) is 19.3. The number of carbonyl (C=O) groups excluding carboxylic acids is 1. The summed E-state index contributed by atoms with van der Waals surface area (Å²) in [6.45, 7) is 10.5. The van der Waals surface area contributed by atoms with Crippen LogP contribution in [0.2, 0.25) is 0 Å². The molecule has 0 amide bonds. The number of methoxy groups -OCH3 is 1. The number of fused-ring (bicyclic) bond motifs is 2. The van der Waals surface area contributed by atoms with Crippen LogP contribution in [0, 0.1) is 0 Å². The first-order chi connectivity index (χ1) is 32.4. The average Bonchev–Trinajstić information content (AvgIpc) is 3.81. The van der Waals surface area contributed by atoms with Gasteiger partial charge in [0.05, 0.1) is 67.0 Å². The van der Waals surface area contributed by atoms with Crippen LogP contribution in [0.5, 0.6) is 11.8 Å². The zero-order chi connectivity index (χ0) is 50.8. The summed E-state index contributed by atoms with van der Waals surface area (Å²) in [5.41, 5.74) is 2.55. The Hall–Kier alpha value is -4.95. The topological polar surface area (TPSA) is 278 Å². The van der Waals surface area contributed by atoms with Crippen molar-refractivity contribution in [1.29, 1.82) is 0 Å². The molecule has 5 N–H and O–H groups in total. The number of aromatic hydroxyl groups is 2. The van der Waals surface area contributed by atoms with Crippen molar-refractivity contribution in [2.45, 2.75) is 80.4 Å². The Bertz CT molecular complexity index is 2780. The van der Waals surface area contributed by atoms with E-state index >= 15 is 0 Å². The number of rotatable bonds is 27. The van der Waals surface area contributed by atoms with Gasteiger partial charge in [0.2, 0.25) is 17.4 Å². The van der Waals surface area contributed by atoms with E-state index in [1.807, 2.05) is 61.5 Å². The predicted octanol–water partition coefficient (Wildman–Crippen LogP) is 5.12. The molecule has 20 nitrogen and oxygen atoms in total. The minimum absolute atomic E-state index is 0.0327. The first-order valence-electron chi connectivity index (χ1n) is 22.2. The Balaban J connectivity index is 1.51. The van der Waals surface area contributed by atoms with E-state index in [-0.39, 0.29) is 61.8 Å². The van der Waals surface area contributed by atoms with Gasteiger partial charge in [-0.2, -0.15) is 29.8 Å². The van der Waals surface area contributed by atoms with Crippen LogP contribution in [0.4, 0.5) is 11.4 Å². The SMILES string of the molecule is CCN1/C(=C/C=C(C)/C=C/C2=[N+](CCCC(=O)On3c(O)ccc3O)c3ccc(S(=O)(=O)O)cc3C2(C)CCOCCOCCOCCOC)C(C)(CCCS(=O)(=O)O)c2cc(S(=O)(=O)O)ccc21. The molecule has 5 rings (SSSR count). The van der Waals surface area contributed by atoms with E-state index in [0.29, 0.717) is 83.6 Å². The quantitative estimate of drug-likeness (QED) is 0.0287. The lowest BCUT2D eigenvalue weighted by molar-refractivity contribution is -0.438. The van der Waals surface area contributed by atoms with E-state index in [9.17, 15) is 53.9 Å². The summed E-state index contributed by atoms with van der Waals surface area (Å²) in [4.78, 5) is 19.4. The van der Waals surface area contributed by atoms with Gasteiger partial charge in [-0.25, -0.2) is 4.79 Å². The van der Waals surface area contributed by atoms with Crippen molar-refractivity contribution in [3.63, 3.8) is 0 Å². The fourth-order valence-corrected chi connectivity index (χ4v) is 10.1. The number of hydrogen-bond donors (Lipinski definition) is 5. The lowest BCUT2D eigenvalue weighted by Crippen LogP contribution is -2.33. The Morgan fingerprint density at radius 3 is 1.91 bits per heavy atom. The van der Waals surface area contributed by atoms with E-state index in [2.05, 4.69) is 0 Å². The van der Waals surface area contributed by atoms with Crippen molar-refractivity contribution in [3.8, 4) is 11.8 Å². The van der Waals surface area contributed by atoms with Gasteiger partial charge in [0.25, 0.3) is 30.4 Å². The van der Waals surface area contributed by atoms with Gasteiger partial charge in [-0.15, -0.1) is 4.73 Å². The Morgan fingerprint density at radius 1 is 0.754 bits per heavy atom. The number of nitrogens with zero attached hydrogens (tertiary/aromatic N) is 3. The molecule has 0 fully saturated rings. The lowest BCUT2D eigenvalue weighted by Gasteiger charge is -2.30. The molecule has 0 saturated carbocycles. The lowest BCUT2D eigenvalue weighted by atomic mass is 9.76. The molecule has 1 aromatic heterocycles. The summed E-state index contributed by atoms with van der Waals surface area (Å²) in [6.07, 6.45) is 7.97. The summed E-state index contributed by atoms with van der Waals surface area (Å²) in [5.74, 6) is -2.24. The molecule has 2 aliphatic heterocycles. The van der Waals surface area contributed by atoms with Gasteiger partial charge in [0.1, 0.15) is 6.54 Å². The van der Waals surface area contributed by atoms with Gasteiger partial charge in [-0.05, 0) is 88.9 Å². The van der Waals surface area contributed by atoms with Crippen LogP contribution in [0.3, 0.4) is 0 Å². The van der Waals surface area contributed by atoms with Crippen molar-refractivity contribution in [2.24, 2.45) is 0 Å². The van der Waals surface area contributed by atoms with Crippen LogP contribution < -0.4 is 9.74 Å². The van der Waals surface area contributed by atoms with Gasteiger partial charge in [-0.3, -0.25) is 13.7 Å². The van der Waals surface area contributed by atoms with Gasteiger partial charge >= 0.3 is 5.97 Å². The number of likely N-dealkylation sites (N-methyl/N-ethyl adjacent to an activating group) is 1. The minimum atomic E-state index is -4.63. The zero-order valence-corrected chi connectivity index (χ0v) is 41.7. The summed E-state index contributed by atoms with van der Waals surface area (Å²) < 4.78 is 127. The van der Waals surface area contributed by atoms with Gasteiger partial charge < -0.3 is 38.9 Å². The van der Waals surface area contributed by atoms with E-state index < -0.39 is 64.7 Å². The van der Waals surface area contributed by atoms with Crippen LogP contribution in [0.1, 0.15) is 70.9 Å². The molecule has 69 heavy (non-hydrogen) atoms. The highest BCUT2D eigenvalue weighted by Gasteiger charge is 2.48. The molecule has 0 aliphatic carbocycles. The molecule has 0 radical (unpaired) electrons. The molecule has 0 bridgehead atoms. The van der Waals surface area contributed by atoms with Gasteiger partial charge in [-0.1, -0.05) is 17.7 Å². The molecule has 0 spiro atoms. The fourth-order valence-electron chi connectivity index (χ4n) is 8.56. The summed E-state index contributed by atoms with van der Waals surface area (Å²) in [7, 11) is -12.0. The maximum absolute atomic E-state index is 12.9. The number of ether oxygens (including phenoxy) is 4. The van der Waals surface area contributed by atoms with Crippen molar-refractivity contribution >= 4 is 53.4 Å². The van der Waals surface area contributed by atoms with Crippen molar-refractivity contribution in [3.05, 3.63) is 95.2 Å². The van der Waals surface area contributed by atoms with Gasteiger partial charge in [0, 0.05) is 73.3 Å². The molecule has 23 heteroatoms. The Kier molecular flexibility index (Phi) is 18.6. The third-order valence-corrected chi connectivity index (χ3v) is 14.6. The van der Waals surface area contributed by atoms with Crippen LogP contribution in [0.15, 0.2) is 93.9 Å². The van der Waals surface area contributed by atoms with E-state index in [1.54, 1.807) is 19.2 Å². The van der Waals surface area contributed by atoms with Crippen molar-refractivity contribution < 1.29 is 82.3 Å². The van der Waals surface area contributed by atoms with Crippen LogP contribution in [0.25, 0.3) is 0 Å². The number of anilines is 1. The molecule has 3 heterocycles. The summed E-state index contributed by atoms with van der Waals surface area (Å²) >= 11 is 0. The highest BCUT2D eigenvalue weighted by molar-refractivity contribution is 7.86. The molecular weight excluding hydrogens is 963 g/mol. The summed E-state index contributed by atoms with van der Waals surface area (Å²) in [5, 5.41) is 20.0.